The summed E-state index contributed by atoms with van der Waals surface area (Å²) in [6, 6.07) is 2.07. The normalized spacial score (nSPS) is 38.3. The highest BCUT2D eigenvalue weighted by Crippen LogP contribution is 2.35. The topological polar surface area (TPSA) is 29.3 Å². The van der Waals surface area contributed by atoms with Gasteiger partial charge in [-0.05, 0) is 32.1 Å². The van der Waals surface area contributed by atoms with Crippen LogP contribution in [0.1, 0.15) is 45.4 Å². The van der Waals surface area contributed by atoms with E-state index in [0.717, 1.165) is 19.3 Å². The van der Waals surface area contributed by atoms with Gasteiger partial charge in [-0.15, -0.1) is 6.42 Å². The molecule has 2 nitrogen and oxygen atoms in total. The van der Waals surface area contributed by atoms with Crippen LogP contribution in [0.4, 0.5) is 0 Å². The van der Waals surface area contributed by atoms with E-state index >= 15 is 0 Å². The summed E-state index contributed by atoms with van der Waals surface area (Å²) in [5.74, 6) is 2.95. The van der Waals surface area contributed by atoms with Crippen LogP contribution in [0.3, 0.4) is 0 Å². The zero-order valence-corrected chi connectivity index (χ0v) is 9.65. The molecule has 0 saturated carbocycles. The maximum Gasteiger partial charge on any atom is 0.0714 e. The summed E-state index contributed by atoms with van der Waals surface area (Å²) in [5.41, 5.74) is 6.09. The number of rotatable bonds is 2. The van der Waals surface area contributed by atoms with Gasteiger partial charge in [0.15, 0.2) is 0 Å². The lowest BCUT2D eigenvalue weighted by atomic mass is 9.81. The molecule has 2 aliphatic rings. The average Bonchev–Trinajstić information content (AvgIpc) is 2.20. The molecule has 2 heteroatoms. The van der Waals surface area contributed by atoms with Gasteiger partial charge in [0.2, 0.25) is 0 Å². The fraction of sp³-hybridized carbons (Fsp3) is 0.846. The number of piperidine rings is 2. The second kappa shape index (κ2) is 4.55. The molecule has 2 fully saturated rings. The van der Waals surface area contributed by atoms with E-state index in [0.29, 0.717) is 24.2 Å². The van der Waals surface area contributed by atoms with Crippen LogP contribution in [0.15, 0.2) is 0 Å². The van der Waals surface area contributed by atoms with Crippen LogP contribution < -0.4 is 5.73 Å². The molecule has 2 aliphatic heterocycles. The van der Waals surface area contributed by atoms with E-state index in [1.165, 1.54) is 19.3 Å². The molecule has 84 valence electrons. The lowest BCUT2D eigenvalue weighted by Crippen LogP contribution is -2.58. The van der Waals surface area contributed by atoms with Crippen LogP contribution in [0.2, 0.25) is 0 Å². The van der Waals surface area contributed by atoms with E-state index < -0.39 is 0 Å². The Kier molecular flexibility index (Phi) is 3.33. The van der Waals surface area contributed by atoms with Crippen molar-refractivity contribution in [3.63, 3.8) is 0 Å². The highest BCUT2D eigenvalue weighted by atomic mass is 15.2. The minimum atomic E-state index is 0.341. The molecule has 0 aromatic heterocycles. The summed E-state index contributed by atoms with van der Waals surface area (Å²) >= 11 is 0. The summed E-state index contributed by atoms with van der Waals surface area (Å²) in [4.78, 5) is 2.59. The Bertz CT molecular complexity index is 242. The molecular weight excluding hydrogens is 184 g/mol. The third-order valence-electron chi connectivity index (χ3n) is 4.01. The smallest absolute Gasteiger partial charge is 0.0714 e. The van der Waals surface area contributed by atoms with Crippen molar-refractivity contribution in [1.29, 1.82) is 0 Å². The number of nitrogens with zero attached hydrogens (tertiary/aromatic N) is 1. The molecule has 0 aliphatic carbocycles. The maximum atomic E-state index is 6.09. The molecular formula is C13H22N2. The highest BCUT2D eigenvalue weighted by Gasteiger charge is 2.39. The van der Waals surface area contributed by atoms with Gasteiger partial charge in [-0.3, -0.25) is 4.90 Å². The van der Waals surface area contributed by atoms with Crippen LogP contribution in [-0.2, 0) is 0 Å². The standard InChI is InChI=1S/C13H22N2/c1-3-11(4-2)15-12-6-5-7-13(15)9-10(14)8-12/h1,10-13H,4-9,14H2,2H3. The Labute approximate surface area is 93.2 Å². The molecule has 0 spiro atoms. The molecule has 2 saturated heterocycles. The first-order chi connectivity index (χ1) is 7.26. The van der Waals surface area contributed by atoms with E-state index in [1.54, 1.807) is 0 Å². The summed E-state index contributed by atoms with van der Waals surface area (Å²) < 4.78 is 0. The van der Waals surface area contributed by atoms with Gasteiger partial charge in [-0.25, -0.2) is 0 Å². The Morgan fingerprint density at radius 3 is 2.47 bits per heavy atom. The first kappa shape index (κ1) is 11.0. The fourth-order valence-electron chi connectivity index (χ4n) is 3.38. The molecule has 3 unspecified atom stereocenters. The summed E-state index contributed by atoms with van der Waals surface area (Å²) in [5, 5.41) is 0. The Hall–Kier alpha value is -0.520. The van der Waals surface area contributed by atoms with E-state index in [2.05, 4.69) is 17.7 Å². The Morgan fingerprint density at radius 1 is 1.40 bits per heavy atom. The minimum Gasteiger partial charge on any atom is -0.328 e. The first-order valence-corrected chi connectivity index (χ1v) is 6.25. The van der Waals surface area contributed by atoms with E-state index in [9.17, 15) is 0 Å². The van der Waals surface area contributed by atoms with Crippen LogP contribution >= 0.6 is 0 Å². The summed E-state index contributed by atoms with van der Waals surface area (Å²) in [7, 11) is 0. The van der Waals surface area contributed by atoms with Gasteiger partial charge in [-0.1, -0.05) is 19.3 Å². The predicted molar refractivity (Wildman–Crippen MR) is 63.4 cm³/mol. The lowest BCUT2D eigenvalue weighted by molar-refractivity contribution is 0.0113. The maximum absolute atomic E-state index is 6.09. The second-order valence-electron chi connectivity index (χ2n) is 5.01. The van der Waals surface area contributed by atoms with E-state index in [1.807, 2.05) is 0 Å². The number of hydrogen-bond acceptors (Lipinski definition) is 2. The number of nitrogens with two attached hydrogens (primary N) is 1. The SMILES string of the molecule is C#CC(CC)N1C2CCCC1CC(N)C2. The van der Waals surface area contributed by atoms with Gasteiger partial charge in [0.05, 0.1) is 6.04 Å². The van der Waals surface area contributed by atoms with Crippen molar-refractivity contribution in [2.24, 2.45) is 5.73 Å². The van der Waals surface area contributed by atoms with Gasteiger partial charge < -0.3 is 5.73 Å². The molecule has 0 amide bonds. The Morgan fingerprint density at radius 2 is 2.00 bits per heavy atom. The molecule has 15 heavy (non-hydrogen) atoms. The molecule has 3 atom stereocenters. The van der Waals surface area contributed by atoms with E-state index in [-0.39, 0.29) is 0 Å². The minimum absolute atomic E-state index is 0.341. The van der Waals surface area contributed by atoms with Crippen molar-refractivity contribution in [3.8, 4) is 12.3 Å². The van der Waals surface area contributed by atoms with Crippen molar-refractivity contribution in [2.75, 3.05) is 0 Å². The van der Waals surface area contributed by atoms with Crippen LogP contribution in [0.25, 0.3) is 0 Å². The largest absolute Gasteiger partial charge is 0.328 e. The van der Waals surface area contributed by atoms with Gasteiger partial charge in [0.1, 0.15) is 0 Å². The number of fused-ring (bicyclic) bond motifs is 2. The van der Waals surface area contributed by atoms with Crippen molar-refractivity contribution >= 4 is 0 Å². The van der Waals surface area contributed by atoms with Crippen molar-refractivity contribution in [3.05, 3.63) is 0 Å². The van der Waals surface area contributed by atoms with Gasteiger partial charge in [0.25, 0.3) is 0 Å². The van der Waals surface area contributed by atoms with Crippen molar-refractivity contribution in [2.45, 2.75) is 69.6 Å². The molecule has 2 rings (SSSR count). The zero-order valence-electron chi connectivity index (χ0n) is 9.65. The monoisotopic (exact) mass is 206 g/mol. The Balaban J connectivity index is 2.14. The number of hydrogen-bond donors (Lipinski definition) is 1. The highest BCUT2D eigenvalue weighted by molar-refractivity contribution is 5.06. The molecule has 0 aromatic carbocycles. The van der Waals surface area contributed by atoms with Gasteiger partial charge in [0, 0.05) is 18.1 Å². The molecule has 2 bridgehead atoms. The molecule has 0 radical (unpaired) electrons. The molecule has 2 N–H and O–H groups in total. The average molecular weight is 206 g/mol. The quantitative estimate of drug-likeness (QED) is 0.697. The third-order valence-corrected chi connectivity index (χ3v) is 4.01. The van der Waals surface area contributed by atoms with Crippen LogP contribution in [-0.4, -0.2) is 29.1 Å². The second-order valence-corrected chi connectivity index (χ2v) is 5.01. The zero-order chi connectivity index (χ0) is 10.8. The number of terminal acetylenes is 1. The summed E-state index contributed by atoms with van der Waals surface area (Å²) in [6.07, 6.45) is 12.9. The lowest BCUT2D eigenvalue weighted by Gasteiger charge is -2.50. The van der Waals surface area contributed by atoms with E-state index in [4.69, 9.17) is 12.2 Å². The third kappa shape index (κ3) is 2.04. The summed E-state index contributed by atoms with van der Waals surface area (Å²) in [6.45, 7) is 2.19. The van der Waals surface area contributed by atoms with Crippen LogP contribution in [0.5, 0.6) is 0 Å². The predicted octanol–water partition coefficient (Wildman–Crippen LogP) is 1.74. The molecule has 2 heterocycles. The van der Waals surface area contributed by atoms with Crippen LogP contribution in [0, 0.1) is 12.3 Å². The first-order valence-electron chi connectivity index (χ1n) is 6.25. The van der Waals surface area contributed by atoms with Gasteiger partial charge in [-0.2, -0.15) is 0 Å². The van der Waals surface area contributed by atoms with Crippen molar-refractivity contribution in [1.82, 2.24) is 4.90 Å². The molecule has 0 aromatic rings. The van der Waals surface area contributed by atoms with Gasteiger partial charge >= 0.3 is 0 Å². The fourth-order valence-corrected chi connectivity index (χ4v) is 3.38. The van der Waals surface area contributed by atoms with Crippen molar-refractivity contribution < 1.29 is 0 Å².